The van der Waals surface area contributed by atoms with Crippen molar-refractivity contribution in [2.24, 2.45) is 5.14 Å². The first kappa shape index (κ1) is 23.3. The Bertz CT molecular complexity index is 1410. The normalized spacial score (nSPS) is 11.9. The third-order valence-electron chi connectivity index (χ3n) is 5.38. The van der Waals surface area contributed by atoms with Crippen molar-refractivity contribution in [3.05, 3.63) is 70.4 Å². The maximum atomic E-state index is 12.3. The second-order valence-electron chi connectivity index (χ2n) is 7.72. The molecule has 4 rings (SSSR count). The number of hydrogen-bond donors (Lipinski definition) is 2. The number of sulfonamides is 1. The first-order chi connectivity index (χ1) is 15.9. The first-order valence-corrected chi connectivity index (χ1v) is 13.2. The van der Waals surface area contributed by atoms with Gasteiger partial charge in [-0.3, -0.25) is 4.57 Å². The second-order valence-corrected chi connectivity index (χ2v) is 10.2. The fourth-order valence-corrected chi connectivity index (χ4v) is 5.09. The maximum Gasteiger partial charge on any atom is 0.343 e. The summed E-state index contributed by atoms with van der Waals surface area (Å²) in [6.45, 7) is 3.40. The molecule has 33 heavy (non-hydrogen) atoms. The average molecular weight is 487 g/mol. The van der Waals surface area contributed by atoms with Crippen LogP contribution in [0.25, 0.3) is 11.0 Å². The fourth-order valence-electron chi connectivity index (χ4n) is 3.64. The quantitative estimate of drug-likeness (QED) is 0.332. The van der Waals surface area contributed by atoms with Crippen LogP contribution >= 0.6 is 11.8 Å². The van der Waals surface area contributed by atoms with Gasteiger partial charge in [-0.2, -0.15) is 0 Å². The maximum absolute atomic E-state index is 12.3. The lowest BCUT2D eigenvalue weighted by molar-refractivity contribution is 0.598. The minimum atomic E-state index is -3.81. The van der Waals surface area contributed by atoms with Crippen molar-refractivity contribution in [3.63, 3.8) is 0 Å². The van der Waals surface area contributed by atoms with E-state index in [9.17, 15) is 13.2 Å². The topological polar surface area (TPSA) is 129 Å². The van der Waals surface area contributed by atoms with E-state index in [-0.39, 0.29) is 10.6 Å². The Kier molecular flexibility index (Phi) is 7.01. The van der Waals surface area contributed by atoms with Crippen LogP contribution in [0.3, 0.4) is 0 Å². The standard InChI is InChI=1S/C22H26N6O3S2/c1-2-3-12-27-19-10-9-17(33(23,30)31)14-18(19)24-20(27)15-32-22-26-25-21(29)28(22)13-11-16-7-5-4-6-8-16/h4-10,14H,2-3,11-13,15H2,1H3,(H,25,29)(H2,23,30,31). The van der Waals surface area contributed by atoms with Crippen molar-refractivity contribution in [1.29, 1.82) is 0 Å². The van der Waals surface area contributed by atoms with Crippen molar-refractivity contribution in [3.8, 4) is 0 Å². The lowest BCUT2D eigenvalue weighted by atomic mass is 10.1. The third-order valence-corrected chi connectivity index (χ3v) is 7.27. The van der Waals surface area contributed by atoms with E-state index in [1.165, 1.54) is 23.9 Å². The summed E-state index contributed by atoms with van der Waals surface area (Å²) >= 11 is 1.42. The number of aromatic nitrogens is 5. The Morgan fingerprint density at radius 2 is 1.88 bits per heavy atom. The number of rotatable bonds is 10. The summed E-state index contributed by atoms with van der Waals surface area (Å²) in [4.78, 5) is 17.0. The van der Waals surface area contributed by atoms with Gasteiger partial charge in [0.1, 0.15) is 5.82 Å². The lowest BCUT2D eigenvalue weighted by Crippen LogP contribution is -2.19. The largest absolute Gasteiger partial charge is 0.343 e. The smallest absolute Gasteiger partial charge is 0.327 e. The number of unbranched alkanes of at least 4 members (excludes halogenated alkanes) is 1. The van der Waals surface area contributed by atoms with Crippen LogP contribution in [0.1, 0.15) is 31.2 Å². The molecule has 0 saturated carbocycles. The minimum Gasteiger partial charge on any atom is -0.327 e. The molecule has 0 amide bonds. The number of nitrogens with zero attached hydrogens (tertiary/aromatic N) is 4. The Balaban J connectivity index is 1.58. The lowest BCUT2D eigenvalue weighted by Gasteiger charge is -2.09. The van der Waals surface area contributed by atoms with E-state index in [2.05, 4.69) is 26.7 Å². The number of nitrogens with one attached hydrogen (secondary N) is 1. The molecule has 174 valence electrons. The van der Waals surface area contributed by atoms with Crippen LogP contribution < -0.4 is 10.8 Å². The van der Waals surface area contributed by atoms with E-state index in [0.29, 0.717) is 23.0 Å². The number of H-pyrrole nitrogens is 1. The summed E-state index contributed by atoms with van der Waals surface area (Å²) in [6, 6.07) is 14.7. The van der Waals surface area contributed by atoms with Crippen LogP contribution in [-0.4, -0.2) is 32.7 Å². The zero-order chi connectivity index (χ0) is 23.4. The van der Waals surface area contributed by atoms with E-state index >= 15 is 0 Å². The molecule has 0 spiro atoms. The van der Waals surface area contributed by atoms with Gasteiger partial charge in [0.05, 0.1) is 21.7 Å². The number of benzene rings is 2. The van der Waals surface area contributed by atoms with Gasteiger partial charge in [-0.05, 0) is 36.6 Å². The van der Waals surface area contributed by atoms with Gasteiger partial charge in [-0.15, -0.1) is 5.10 Å². The predicted molar refractivity (Wildman–Crippen MR) is 129 cm³/mol. The predicted octanol–water partition coefficient (Wildman–Crippen LogP) is 2.90. The third kappa shape index (κ3) is 5.37. The van der Waals surface area contributed by atoms with Crippen LogP contribution in [0.4, 0.5) is 0 Å². The summed E-state index contributed by atoms with van der Waals surface area (Å²) in [5.41, 5.74) is 2.34. The number of fused-ring (bicyclic) bond motifs is 1. The number of aryl methyl sites for hydroxylation is 2. The van der Waals surface area contributed by atoms with Crippen molar-refractivity contribution >= 4 is 32.8 Å². The highest BCUT2D eigenvalue weighted by Crippen LogP contribution is 2.25. The highest BCUT2D eigenvalue weighted by Gasteiger charge is 2.17. The molecule has 2 aromatic heterocycles. The first-order valence-electron chi connectivity index (χ1n) is 10.7. The molecule has 9 nitrogen and oxygen atoms in total. The van der Waals surface area contributed by atoms with Crippen LogP contribution in [0, 0.1) is 0 Å². The van der Waals surface area contributed by atoms with Gasteiger partial charge in [-0.1, -0.05) is 55.4 Å². The van der Waals surface area contributed by atoms with E-state index in [1.54, 1.807) is 10.6 Å². The molecule has 0 unspecified atom stereocenters. The van der Waals surface area contributed by atoms with E-state index in [4.69, 9.17) is 5.14 Å². The molecule has 0 fully saturated rings. The highest BCUT2D eigenvalue weighted by molar-refractivity contribution is 7.98. The Morgan fingerprint density at radius 3 is 2.61 bits per heavy atom. The summed E-state index contributed by atoms with van der Waals surface area (Å²) < 4.78 is 27.2. The van der Waals surface area contributed by atoms with Gasteiger partial charge in [0, 0.05) is 13.1 Å². The Labute approximate surface area is 196 Å². The average Bonchev–Trinajstić information content (AvgIpc) is 3.33. The zero-order valence-electron chi connectivity index (χ0n) is 18.3. The highest BCUT2D eigenvalue weighted by atomic mass is 32.2. The van der Waals surface area contributed by atoms with Crippen LogP contribution in [0.15, 0.2) is 63.4 Å². The molecule has 0 bridgehead atoms. The minimum absolute atomic E-state index is 0.0383. The van der Waals surface area contributed by atoms with Gasteiger partial charge in [0.15, 0.2) is 5.16 Å². The molecule has 4 aromatic rings. The Hall–Kier alpha value is -2.89. The van der Waals surface area contributed by atoms with E-state index < -0.39 is 10.0 Å². The summed E-state index contributed by atoms with van der Waals surface area (Å²) in [6.07, 6.45) is 2.70. The van der Waals surface area contributed by atoms with Gasteiger partial charge < -0.3 is 4.57 Å². The SMILES string of the molecule is CCCCn1c(CSc2n[nH]c(=O)n2CCc2ccccc2)nc2cc(S(N)(=O)=O)ccc21. The van der Waals surface area contributed by atoms with Gasteiger partial charge in [0.25, 0.3) is 0 Å². The van der Waals surface area contributed by atoms with Crippen molar-refractivity contribution < 1.29 is 8.42 Å². The molecule has 0 saturated heterocycles. The van der Waals surface area contributed by atoms with Gasteiger partial charge >= 0.3 is 5.69 Å². The molecule has 2 aromatic carbocycles. The summed E-state index contributed by atoms with van der Waals surface area (Å²) in [7, 11) is -3.81. The number of nitrogens with two attached hydrogens (primary N) is 1. The van der Waals surface area contributed by atoms with Crippen LogP contribution in [0.2, 0.25) is 0 Å². The number of hydrogen-bond acceptors (Lipinski definition) is 6. The molecule has 0 aliphatic heterocycles. The van der Waals surface area contributed by atoms with Crippen molar-refractivity contribution in [1.82, 2.24) is 24.3 Å². The molecule has 0 aliphatic carbocycles. The van der Waals surface area contributed by atoms with Crippen molar-refractivity contribution in [2.75, 3.05) is 0 Å². The van der Waals surface area contributed by atoms with E-state index in [0.717, 1.165) is 42.7 Å². The van der Waals surface area contributed by atoms with Crippen LogP contribution in [0.5, 0.6) is 0 Å². The Morgan fingerprint density at radius 1 is 1.09 bits per heavy atom. The number of aromatic amines is 1. The molecule has 0 radical (unpaired) electrons. The molecule has 0 atom stereocenters. The molecule has 3 N–H and O–H groups in total. The summed E-state index contributed by atoms with van der Waals surface area (Å²) in [5, 5.41) is 12.6. The molecule has 2 heterocycles. The monoisotopic (exact) mass is 486 g/mol. The molecule has 11 heteroatoms. The zero-order valence-corrected chi connectivity index (χ0v) is 19.9. The second kappa shape index (κ2) is 9.94. The fraction of sp³-hybridized carbons (Fsp3) is 0.318. The molecule has 0 aliphatic rings. The number of imidazole rings is 1. The van der Waals surface area contributed by atoms with Crippen molar-refractivity contribution in [2.45, 2.75) is 55.1 Å². The van der Waals surface area contributed by atoms with E-state index in [1.807, 2.05) is 30.3 Å². The molecular weight excluding hydrogens is 460 g/mol. The number of primary sulfonamides is 1. The van der Waals surface area contributed by atoms with Crippen LogP contribution in [-0.2, 0) is 35.3 Å². The number of thioether (sulfide) groups is 1. The summed E-state index contributed by atoms with van der Waals surface area (Å²) in [5.74, 6) is 1.28. The van der Waals surface area contributed by atoms with Gasteiger partial charge in [0.2, 0.25) is 10.0 Å². The molecular formula is C22H26N6O3S2. The van der Waals surface area contributed by atoms with Gasteiger partial charge in [-0.25, -0.2) is 28.4 Å².